The first-order chi connectivity index (χ1) is 14.4. The molecule has 0 atom stereocenters. The largest absolute Gasteiger partial charge is 0.493 e. The molecule has 0 N–H and O–H groups in total. The predicted octanol–water partition coefficient (Wildman–Crippen LogP) is 4.69. The molecule has 0 aliphatic carbocycles. The van der Waals surface area contributed by atoms with Gasteiger partial charge in [0.05, 0.1) is 12.0 Å². The summed E-state index contributed by atoms with van der Waals surface area (Å²) in [6, 6.07) is 13.1. The molecule has 8 heteroatoms. The summed E-state index contributed by atoms with van der Waals surface area (Å²) in [6.07, 6.45) is 1.83. The Morgan fingerprint density at radius 1 is 1.20 bits per heavy atom. The van der Waals surface area contributed by atoms with Crippen LogP contribution in [0, 0.1) is 0 Å². The smallest absolute Gasteiger partial charge is 0.266 e. The molecule has 158 valence electrons. The number of hydrogen-bond donors (Lipinski definition) is 0. The number of carbonyl (C=O) groups is 1. The third-order valence-electron chi connectivity index (χ3n) is 4.47. The Morgan fingerprint density at radius 2 is 1.97 bits per heavy atom. The van der Waals surface area contributed by atoms with Gasteiger partial charge in [-0.15, -0.1) is 0 Å². The minimum Gasteiger partial charge on any atom is -0.493 e. The number of likely N-dealkylation sites (N-methyl/N-ethyl adjacent to an activating group) is 1. The molecule has 1 fully saturated rings. The molecule has 1 aliphatic heterocycles. The minimum absolute atomic E-state index is 0.0649. The van der Waals surface area contributed by atoms with Crippen molar-refractivity contribution in [2.45, 2.75) is 6.61 Å². The monoisotopic (exact) mass is 462 g/mol. The fourth-order valence-electron chi connectivity index (χ4n) is 2.81. The maximum absolute atomic E-state index is 12.7. The van der Waals surface area contributed by atoms with Crippen LogP contribution in [0.15, 0.2) is 47.4 Å². The summed E-state index contributed by atoms with van der Waals surface area (Å²) in [7, 11) is 5.52. The molecule has 30 heavy (non-hydrogen) atoms. The molecule has 5 nitrogen and oxygen atoms in total. The summed E-state index contributed by atoms with van der Waals surface area (Å²) < 4.78 is 12.0. The van der Waals surface area contributed by atoms with E-state index in [2.05, 4.69) is 0 Å². The molecule has 1 amide bonds. The summed E-state index contributed by atoms with van der Waals surface area (Å²) in [5.74, 6) is 1.12. The molecule has 2 aromatic rings. The van der Waals surface area contributed by atoms with Gasteiger partial charge in [-0.25, -0.2) is 0 Å². The minimum atomic E-state index is -0.0649. The van der Waals surface area contributed by atoms with Gasteiger partial charge in [-0.2, -0.15) is 0 Å². The summed E-state index contributed by atoms with van der Waals surface area (Å²) >= 11 is 12.9. The molecule has 0 aromatic heterocycles. The third kappa shape index (κ3) is 5.55. The van der Waals surface area contributed by atoms with Crippen molar-refractivity contribution in [2.24, 2.45) is 0 Å². The van der Waals surface area contributed by atoms with Crippen molar-refractivity contribution in [3.8, 4) is 11.5 Å². The number of thiocarbonyl (C=S) groups is 1. The van der Waals surface area contributed by atoms with Crippen LogP contribution in [-0.4, -0.2) is 54.3 Å². The van der Waals surface area contributed by atoms with Gasteiger partial charge in [0.1, 0.15) is 10.9 Å². The number of hydrogen-bond acceptors (Lipinski definition) is 6. The third-order valence-corrected chi connectivity index (χ3v) is 6.22. The molecule has 1 aliphatic rings. The van der Waals surface area contributed by atoms with Gasteiger partial charge >= 0.3 is 0 Å². The van der Waals surface area contributed by atoms with E-state index < -0.39 is 0 Å². The Hall–Kier alpha value is -2.06. The van der Waals surface area contributed by atoms with Crippen molar-refractivity contribution in [1.29, 1.82) is 0 Å². The molecule has 3 rings (SSSR count). The standard InChI is InChI=1S/C22H23ClN2O3S2/c1-24(2)10-11-25-21(26)20(30-22(25)29)13-15-8-9-18(19(12-15)27-3)28-14-16-6-4-5-7-17(16)23/h4-9,12-13H,10-11,14H2,1-3H3/b20-13+. The van der Waals surface area contributed by atoms with Crippen LogP contribution in [0.5, 0.6) is 11.5 Å². The van der Waals surface area contributed by atoms with Crippen LogP contribution in [-0.2, 0) is 11.4 Å². The van der Waals surface area contributed by atoms with Gasteiger partial charge in [0.25, 0.3) is 5.91 Å². The number of nitrogens with zero attached hydrogens (tertiary/aromatic N) is 2. The maximum atomic E-state index is 12.7. The molecule has 0 saturated carbocycles. The van der Waals surface area contributed by atoms with Crippen molar-refractivity contribution >= 4 is 51.9 Å². The van der Waals surface area contributed by atoms with Crippen LogP contribution in [0.3, 0.4) is 0 Å². The molecule has 0 bridgehead atoms. The van der Waals surface area contributed by atoms with Crippen molar-refractivity contribution in [3.05, 3.63) is 63.5 Å². The summed E-state index contributed by atoms with van der Waals surface area (Å²) in [4.78, 5) is 17.0. The van der Waals surface area contributed by atoms with Crippen molar-refractivity contribution in [2.75, 3.05) is 34.3 Å². The zero-order valence-electron chi connectivity index (χ0n) is 17.1. The average Bonchev–Trinajstić information content (AvgIpc) is 2.98. The first-order valence-corrected chi connectivity index (χ1v) is 10.9. The van der Waals surface area contributed by atoms with Gasteiger partial charge in [0, 0.05) is 23.7 Å². The van der Waals surface area contributed by atoms with Crippen LogP contribution in [0.1, 0.15) is 11.1 Å². The molecule has 0 unspecified atom stereocenters. The molecule has 2 aromatic carbocycles. The van der Waals surface area contributed by atoms with E-state index in [1.54, 1.807) is 12.0 Å². The second kappa shape index (κ2) is 10.3. The first kappa shape index (κ1) is 22.6. The Balaban J connectivity index is 1.73. The van der Waals surface area contributed by atoms with Crippen LogP contribution < -0.4 is 9.47 Å². The highest BCUT2D eigenvalue weighted by atomic mass is 35.5. The number of methoxy groups -OCH3 is 1. The van der Waals surface area contributed by atoms with Crippen LogP contribution >= 0.6 is 35.6 Å². The second-order valence-electron chi connectivity index (χ2n) is 6.93. The molecule has 1 heterocycles. The zero-order valence-corrected chi connectivity index (χ0v) is 19.4. The zero-order chi connectivity index (χ0) is 21.7. The quantitative estimate of drug-likeness (QED) is 0.418. The van der Waals surface area contributed by atoms with Crippen molar-refractivity contribution in [1.82, 2.24) is 9.80 Å². The number of rotatable bonds is 8. The summed E-state index contributed by atoms with van der Waals surface area (Å²) in [5, 5.41) is 0.657. The van der Waals surface area contributed by atoms with Gasteiger partial charge in [0.2, 0.25) is 0 Å². The topological polar surface area (TPSA) is 42.0 Å². The summed E-state index contributed by atoms with van der Waals surface area (Å²) in [6.45, 7) is 1.66. The Bertz CT molecular complexity index is 979. The van der Waals surface area contributed by atoms with Gasteiger partial charge in [-0.05, 0) is 43.9 Å². The number of carbonyl (C=O) groups excluding carboxylic acids is 1. The highest BCUT2D eigenvalue weighted by Gasteiger charge is 2.31. The van der Waals surface area contributed by atoms with E-state index in [1.807, 2.05) is 67.5 Å². The number of ether oxygens (including phenoxy) is 2. The lowest BCUT2D eigenvalue weighted by molar-refractivity contribution is -0.122. The van der Waals surface area contributed by atoms with E-state index in [1.165, 1.54) is 11.8 Å². The molecule has 0 spiro atoms. The highest BCUT2D eigenvalue weighted by molar-refractivity contribution is 8.26. The lowest BCUT2D eigenvalue weighted by Gasteiger charge is -2.17. The van der Waals surface area contributed by atoms with Crippen LogP contribution in [0.4, 0.5) is 0 Å². The average molecular weight is 463 g/mol. The number of thioether (sulfide) groups is 1. The second-order valence-corrected chi connectivity index (χ2v) is 9.01. The van der Waals surface area contributed by atoms with Crippen LogP contribution in [0.25, 0.3) is 6.08 Å². The molecule has 0 radical (unpaired) electrons. The molecular weight excluding hydrogens is 440 g/mol. The van der Waals surface area contributed by atoms with E-state index >= 15 is 0 Å². The molecule has 1 saturated heterocycles. The highest BCUT2D eigenvalue weighted by Crippen LogP contribution is 2.35. The predicted molar refractivity (Wildman–Crippen MR) is 127 cm³/mol. The van der Waals surface area contributed by atoms with E-state index in [9.17, 15) is 4.79 Å². The van der Waals surface area contributed by atoms with E-state index in [0.29, 0.717) is 38.9 Å². The lowest BCUT2D eigenvalue weighted by atomic mass is 10.1. The number of benzene rings is 2. The first-order valence-electron chi connectivity index (χ1n) is 9.33. The van der Waals surface area contributed by atoms with E-state index in [4.69, 9.17) is 33.3 Å². The Morgan fingerprint density at radius 3 is 2.67 bits per heavy atom. The Kier molecular flexibility index (Phi) is 7.77. The fourth-order valence-corrected chi connectivity index (χ4v) is 4.31. The summed E-state index contributed by atoms with van der Waals surface area (Å²) in [5.41, 5.74) is 1.73. The SMILES string of the molecule is COc1cc(/C=C2/SC(=S)N(CCN(C)C)C2=O)ccc1OCc1ccccc1Cl. The maximum Gasteiger partial charge on any atom is 0.266 e. The van der Waals surface area contributed by atoms with Gasteiger partial charge in [-0.1, -0.05) is 59.8 Å². The number of amides is 1. The van der Waals surface area contributed by atoms with E-state index in [0.717, 1.165) is 17.7 Å². The van der Waals surface area contributed by atoms with Crippen molar-refractivity contribution < 1.29 is 14.3 Å². The van der Waals surface area contributed by atoms with Crippen LogP contribution in [0.2, 0.25) is 5.02 Å². The normalized spacial score (nSPS) is 15.4. The Labute approximate surface area is 191 Å². The van der Waals surface area contributed by atoms with E-state index in [-0.39, 0.29) is 5.91 Å². The van der Waals surface area contributed by atoms with Gasteiger partial charge < -0.3 is 14.4 Å². The number of halogens is 1. The fraction of sp³-hybridized carbons (Fsp3) is 0.273. The lowest BCUT2D eigenvalue weighted by Crippen LogP contribution is -2.34. The van der Waals surface area contributed by atoms with Gasteiger partial charge in [0.15, 0.2) is 11.5 Å². The molecular formula is C22H23ClN2O3S2. The van der Waals surface area contributed by atoms with Gasteiger partial charge in [-0.3, -0.25) is 9.69 Å². The van der Waals surface area contributed by atoms with Crippen molar-refractivity contribution in [3.63, 3.8) is 0 Å².